The molecule has 1 aromatic carbocycles. The number of para-hydroxylation sites is 2. The summed E-state index contributed by atoms with van der Waals surface area (Å²) in [6.45, 7) is 1.96. The van der Waals surface area contributed by atoms with E-state index in [4.69, 9.17) is 4.42 Å². The Morgan fingerprint density at radius 3 is 2.86 bits per heavy atom. The fourth-order valence-corrected chi connectivity index (χ4v) is 2.46. The van der Waals surface area contributed by atoms with Crippen molar-refractivity contribution in [2.24, 2.45) is 0 Å². The van der Waals surface area contributed by atoms with Gasteiger partial charge in [-0.3, -0.25) is 4.79 Å². The lowest BCUT2D eigenvalue weighted by Gasteiger charge is -2.23. The second kappa shape index (κ2) is 6.05. The number of hydrogen-bond donors (Lipinski definition) is 1. The van der Waals surface area contributed by atoms with Gasteiger partial charge in [0.05, 0.1) is 23.3 Å². The van der Waals surface area contributed by atoms with Gasteiger partial charge < -0.3 is 14.3 Å². The second-order valence-electron chi connectivity index (χ2n) is 5.40. The first kappa shape index (κ1) is 14.4. The van der Waals surface area contributed by atoms with Crippen LogP contribution < -0.4 is 0 Å². The molecule has 0 aliphatic rings. The Morgan fingerprint density at radius 2 is 2.14 bits per heavy atom. The van der Waals surface area contributed by atoms with Crippen molar-refractivity contribution in [1.29, 1.82) is 0 Å². The number of nitrogens with one attached hydrogen (secondary N) is 1. The van der Waals surface area contributed by atoms with Crippen LogP contribution in [0.25, 0.3) is 11.0 Å². The van der Waals surface area contributed by atoms with Gasteiger partial charge >= 0.3 is 0 Å². The van der Waals surface area contributed by atoms with Crippen molar-refractivity contribution in [2.45, 2.75) is 25.8 Å². The Labute approximate surface area is 129 Å². The van der Waals surface area contributed by atoms with E-state index in [1.165, 1.54) is 0 Å². The van der Waals surface area contributed by atoms with Crippen LogP contribution in [0.1, 0.15) is 31.0 Å². The first-order valence-corrected chi connectivity index (χ1v) is 7.38. The highest BCUT2D eigenvalue weighted by molar-refractivity contribution is 5.77. The minimum absolute atomic E-state index is 0.0711. The molecule has 1 atom stereocenters. The van der Waals surface area contributed by atoms with Crippen molar-refractivity contribution >= 4 is 16.9 Å². The second-order valence-corrected chi connectivity index (χ2v) is 5.40. The van der Waals surface area contributed by atoms with Crippen LogP contribution in [0.4, 0.5) is 0 Å². The van der Waals surface area contributed by atoms with Gasteiger partial charge in [0.15, 0.2) is 0 Å². The highest BCUT2D eigenvalue weighted by atomic mass is 16.3. The van der Waals surface area contributed by atoms with E-state index < -0.39 is 0 Å². The Hall–Kier alpha value is -2.56. The number of fused-ring (bicyclic) bond motifs is 1. The molecule has 1 unspecified atom stereocenters. The van der Waals surface area contributed by atoms with Crippen LogP contribution in [0.2, 0.25) is 0 Å². The molecular weight excluding hydrogens is 278 g/mol. The van der Waals surface area contributed by atoms with Crippen LogP contribution in [0, 0.1) is 0 Å². The first-order chi connectivity index (χ1) is 10.6. The van der Waals surface area contributed by atoms with Crippen molar-refractivity contribution in [3.05, 3.63) is 54.2 Å². The molecule has 0 aliphatic heterocycles. The number of aromatic nitrogens is 2. The summed E-state index contributed by atoms with van der Waals surface area (Å²) in [7, 11) is 1.80. The predicted octanol–water partition coefficient (Wildman–Crippen LogP) is 3.31. The van der Waals surface area contributed by atoms with Gasteiger partial charge in [-0.1, -0.05) is 12.1 Å². The van der Waals surface area contributed by atoms with E-state index in [9.17, 15) is 4.79 Å². The molecule has 0 saturated heterocycles. The van der Waals surface area contributed by atoms with Gasteiger partial charge in [-0.15, -0.1) is 0 Å². The lowest BCUT2D eigenvalue weighted by Crippen LogP contribution is -2.29. The number of aromatic amines is 1. The normalized spacial score (nSPS) is 12.5. The van der Waals surface area contributed by atoms with Crippen molar-refractivity contribution in [3.8, 4) is 0 Å². The number of hydrogen-bond acceptors (Lipinski definition) is 3. The summed E-state index contributed by atoms with van der Waals surface area (Å²) in [6.07, 6.45) is 2.64. The molecule has 5 heteroatoms. The molecule has 5 nitrogen and oxygen atoms in total. The Kier molecular flexibility index (Phi) is 3.96. The third-order valence-electron chi connectivity index (χ3n) is 3.94. The van der Waals surface area contributed by atoms with Gasteiger partial charge in [-0.2, -0.15) is 0 Å². The maximum Gasteiger partial charge on any atom is 0.223 e. The number of H-pyrrole nitrogens is 1. The number of rotatable bonds is 5. The predicted molar refractivity (Wildman–Crippen MR) is 84.3 cm³/mol. The lowest BCUT2D eigenvalue weighted by atomic mass is 10.2. The van der Waals surface area contributed by atoms with Crippen LogP contribution in [-0.2, 0) is 11.2 Å². The van der Waals surface area contributed by atoms with Gasteiger partial charge in [0.2, 0.25) is 5.91 Å². The van der Waals surface area contributed by atoms with E-state index in [1.807, 2.05) is 43.3 Å². The fourth-order valence-electron chi connectivity index (χ4n) is 2.46. The average Bonchev–Trinajstić information content (AvgIpc) is 3.19. The molecule has 0 aliphatic carbocycles. The molecule has 3 aromatic rings. The molecule has 1 amide bonds. The number of amides is 1. The molecule has 0 spiro atoms. The molecular formula is C17H19N3O2. The van der Waals surface area contributed by atoms with E-state index in [0.717, 1.165) is 22.6 Å². The van der Waals surface area contributed by atoms with Gasteiger partial charge in [0.25, 0.3) is 0 Å². The number of benzene rings is 1. The van der Waals surface area contributed by atoms with Crippen LogP contribution in [-0.4, -0.2) is 27.8 Å². The minimum atomic E-state index is -0.0711. The fraction of sp³-hybridized carbons (Fsp3) is 0.294. The van der Waals surface area contributed by atoms with Gasteiger partial charge in [-0.05, 0) is 31.2 Å². The summed E-state index contributed by atoms with van der Waals surface area (Å²) in [5.41, 5.74) is 1.93. The molecule has 2 aromatic heterocycles. The van der Waals surface area contributed by atoms with Gasteiger partial charge in [0.1, 0.15) is 11.6 Å². The smallest absolute Gasteiger partial charge is 0.223 e. The molecule has 0 fully saturated rings. The maximum absolute atomic E-state index is 12.3. The van der Waals surface area contributed by atoms with E-state index in [-0.39, 0.29) is 11.9 Å². The van der Waals surface area contributed by atoms with E-state index in [1.54, 1.807) is 18.2 Å². The number of aryl methyl sites for hydroxylation is 1. The third kappa shape index (κ3) is 2.88. The summed E-state index contributed by atoms with van der Waals surface area (Å²) in [6, 6.07) is 11.5. The number of furan rings is 1. The standard InChI is InChI=1S/C17H19N3O2/c1-12(15-8-5-11-22-15)20(2)17(21)10-9-16-18-13-6-3-4-7-14(13)19-16/h3-8,11-12H,9-10H2,1-2H3,(H,18,19). The zero-order valence-corrected chi connectivity index (χ0v) is 12.7. The number of carbonyl (C=O) groups excluding carboxylic acids is 1. The van der Waals surface area contributed by atoms with Crippen LogP contribution >= 0.6 is 0 Å². The number of nitrogens with zero attached hydrogens (tertiary/aromatic N) is 2. The Balaban J connectivity index is 1.61. The number of carbonyl (C=O) groups is 1. The van der Waals surface area contributed by atoms with E-state index in [2.05, 4.69) is 9.97 Å². The Morgan fingerprint density at radius 1 is 1.32 bits per heavy atom. The summed E-state index contributed by atoms with van der Waals surface area (Å²) in [4.78, 5) is 21.8. The van der Waals surface area contributed by atoms with Crippen molar-refractivity contribution in [2.75, 3.05) is 7.05 Å². The molecule has 114 valence electrons. The monoisotopic (exact) mass is 297 g/mol. The summed E-state index contributed by atoms with van der Waals surface area (Å²) >= 11 is 0. The average molecular weight is 297 g/mol. The quantitative estimate of drug-likeness (QED) is 0.786. The zero-order valence-electron chi connectivity index (χ0n) is 12.7. The SMILES string of the molecule is CC(c1ccco1)N(C)C(=O)CCc1nc2ccccc2[nH]1. The van der Waals surface area contributed by atoms with Crippen LogP contribution in [0.3, 0.4) is 0 Å². The highest BCUT2D eigenvalue weighted by Crippen LogP contribution is 2.20. The first-order valence-electron chi connectivity index (χ1n) is 7.38. The van der Waals surface area contributed by atoms with Crippen LogP contribution in [0.5, 0.6) is 0 Å². The minimum Gasteiger partial charge on any atom is -0.467 e. The summed E-state index contributed by atoms with van der Waals surface area (Å²) in [5, 5.41) is 0. The van der Waals surface area contributed by atoms with Gasteiger partial charge in [-0.25, -0.2) is 4.98 Å². The molecule has 0 radical (unpaired) electrons. The number of imidazole rings is 1. The molecule has 3 rings (SSSR count). The van der Waals surface area contributed by atoms with E-state index >= 15 is 0 Å². The highest BCUT2D eigenvalue weighted by Gasteiger charge is 2.19. The van der Waals surface area contributed by atoms with Crippen molar-refractivity contribution in [3.63, 3.8) is 0 Å². The molecule has 22 heavy (non-hydrogen) atoms. The third-order valence-corrected chi connectivity index (χ3v) is 3.94. The van der Waals surface area contributed by atoms with Crippen molar-refractivity contribution < 1.29 is 9.21 Å². The summed E-state index contributed by atoms with van der Waals surface area (Å²) < 4.78 is 5.36. The zero-order chi connectivity index (χ0) is 15.5. The molecule has 0 bridgehead atoms. The van der Waals surface area contributed by atoms with Gasteiger partial charge in [0, 0.05) is 19.9 Å². The summed E-state index contributed by atoms with van der Waals surface area (Å²) in [5.74, 6) is 1.71. The largest absolute Gasteiger partial charge is 0.467 e. The van der Waals surface area contributed by atoms with Crippen LogP contribution in [0.15, 0.2) is 47.1 Å². The van der Waals surface area contributed by atoms with E-state index in [0.29, 0.717) is 12.8 Å². The maximum atomic E-state index is 12.3. The molecule has 1 N–H and O–H groups in total. The molecule has 0 saturated carbocycles. The van der Waals surface area contributed by atoms with Crippen molar-refractivity contribution in [1.82, 2.24) is 14.9 Å². The topological polar surface area (TPSA) is 62.1 Å². The Bertz CT molecular complexity index is 728. The molecule has 2 heterocycles. The lowest BCUT2D eigenvalue weighted by molar-refractivity contribution is -0.132.